The Morgan fingerprint density at radius 3 is 2.29 bits per heavy atom. The van der Waals surface area contributed by atoms with Crippen molar-refractivity contribution in [3.05, 3.63) is 0 Å². The zero-order valence-electron chi connectivity index (χ0n) is 7.88. The molecule has 0 spiro atoms. The first kappa shape index (κ1) is 13.8. The van der Waals surface area contributed by atoms with Gasteiger partial charge in [-0.25, -0.2) is 5.90 Å². The number of piperidine rings is 1. The highest BCUT2D eigenvalue weighted by Gasteiger charge is 2.17. The third-order valence-electron chi connectivity index (χ3n) is 1.77. The zero-order valence-corrected chi connectivity index (χ0v) is 8.70. The summed E-state index contributed by atoms with van der Waals surface area (Å²) in [5.41, 5.74) is 0. The van der Waals surface area contributed by atoms with Crippen molar-refractivity contribution in [2.24, 2.45) is 5.90 Å². The van der Waals surface area contributed by atoms with Crippen molar-refractivity contribution < 1.29 is 22.4 Å². The highest BCUT2D eigenvalue weighted by atomic mass is 32.3. The lowest BCUT2D eigenvalue weighted by Gasteiger charge is -2.25. The number of nitrogens with two attached hydrogens (primary N) is 1. The third kappa shape index (κ3) is 9.84. The van der Waals surface area contributed by atoms with Gasteiger partial charge in [-0.3, -0.25) is 9.11 Å². The minimum absolute atomic E-state index is 0.279. The van der Waals surface area contributed by atoms with Gasteiger partial charge < -0.3 is 10.2 Å². The second-order valence-corrected chi connectivity index (χ2v) is 3.98. The fraction of sp³-hybridized carbons (Fsp3) is 1.00. The lowest BCUT2D eigenvalue weighted by Crippen LogP contribution is -2.40. The summed E-state index contributed by atoms with van der Waals surface area (Å²) >= 11 is 0. The van der Waals surface area contributed by atoms with E-state index in [9.17, 15) is 0 Å². The summed E-state index contributed by atoms with van der Waals surface area (Å²) in [5.74, 6) is 5.04. The zero-order chi connectivity index (χ0) is 11.2. The number of rotatable bonds is 1. The van der Waals surface area contributed by atoms with Gasteiger partial charge in [-0.05, 0) is 26.3 Å². The van der Waals surface area contributed by atoms with Crippen molar-refractivity contribution >= 4 is 10.4 Å². The third-order valence-corrected chi connectivity index (χ3v) is 1.77. The maximum atomic E-state index is 8.74. The van der Waals surface area contributed by atoms with Crippen molar-refractivity contribution in [3.63, 3.8) is 0 Å². The minimum Gasteiger partial charge on any atom is -0.314 e. The molecule has 0 saturated carbocycles. The van der Waals surface area contributed by atoms with Crippen LogP contribution in [0, 0.1) is 0 Å². The monoisotopic (exact) mass is 228 g/mol. The summed E-state index contributed by atoms with van der Waals surface area (Å²) in [4.78, 5) is 4.72. The largest absolute Gasteiger partial charge is 0.394 e. The molecule has 0 aliphatic carbocycles. The Hall–Kier alpha value is -0.250. The fourth-order valence-corrected chi connectivity index (χ4v) is 1.21. The van der Waals surface area contributed by atoms with Gasteiger partial charge in [0.2, 0.25) is 0 Å². The van der Waals surface area contributed by atoms with Gasteiger partial charge in [-0.2, -0.15) is 8.42 Å². The molecular weight excluding hydrogens is 212 g/mol. The highest BCUT2D eigenvalue weighted by Crippen LogP contribution is 2.09. The SMILES string of the molecule is C[C@@H]1C[C@H](ON)CCN1.O=S(=O)(O)O. The molecule has 0 unspecified atom stereocenters. The predicted molar refractivity (Wildman–Crippen MR) is 49.9 cm³/mol. The molecule has 0 aromatic carbocycles. The van der Waals surface area contributed by atoms with E-state index in [2.05, 4.69) is 12.2 Å². The molecule has 1 rings (SSSR count). The van der Waals surface area contributed by atoms with Gasteiger partial charge in [0.25, 0.3) is 0 Å². The van der Waals surface area contributed by atoms with Crippen LogP contribution >= 0.6 is 0 Å². The van der Waals surface area contributed by atoms with Gasteiger partial charge in [0.1, 0.15) is 0 Å². The van der Waals surface area contributed by atoms with Gasteiger partial charge in [0.15, 0.2) is 0 Å². The number of nitrogens with one attached hydrogen (secondary N) is 1. The number of hydrogen-bond donors (Lipinski definition) is 4. The minimum atomic E-state index is -4.67. The first-order valence-corrected chi connectivity index (χ1v) is 5.51. The molecule has 0 aromatic rings. The van der Waals surface area contributed by atoms with Crippen LogP contribution in [0.5, 0.6) is 0 Å². The summed E-state index contributed by atoms with van der Waals surface area (Å²) in [5, 5.41) is 3.31. The predicted octanol–water partition coefficient (Wildman–Crippen LogP) is -0.636. The Kier molecular flexibility index (Phi) is 6.16. The maximum absolute atomic E-state index is 8.74. The van der Waals surface area contributed by atoms with Gasteiger partial charge in [0.05, 0.1) is 6.10 Å². The Morgan fingerprint density at radius 1 is 1.50 bits per heavy atom. The maximum Gasteiger partial charge on any atom is 0.394 e. The van der Waals surface area contributed by atoms with E-state index in [1.807, 2.05) is 0 Å². The van der Waals surface area contributed by atoms with Gasteiger partial charge in [0, 0.05) is 6.04 Å². The molecule has 14 heavy (non-hydrogen) atoms. The van der Waals surface area contributed by atoms with Gasteiger partial charge >= 0.3 is 10.4 Å². The standard InChI is InChI=1S/C6H14N2O.H2O4S/c1-5-4-6(9-7)2-3-8-5;1-5(2,3)4/h5-6,8H,2-4,7H2,1H3;(H2,1,2,3,4)/t5-,6-;/m1./s1. The van der Waals surface area contributed by atoms with Gasteiger partial charge in [-0.15, -0.1) is 0 Å². The van der Waals surface area contributed by atoms with Crippen LogP contribution in [-0.4, -0.2) is 36.2 Å². The van der Waals surface area contributed by atoms with E-state index in [4.69, 9.17) is 28.3 Å². The van der Waals surface area contributed by atoms with Gasteiger partial charge in [-0.1, -0.05) is 0 Å². The average Bonchev–Trinajstić information content (AvgIpc) is 2.01. The van der Waals surface area contributed by atoms with E-state index in [0.29, 0.717) is 6.04 Å². The molecule has 5 N–H and O–H groups in total. The molecule has 0 aromatic heterocycles. The van der Waals surface area contributed by atoms with E-state index in [1.165, 1.54) is 0 Å². The second-order valence-electron chi connectivity index (χ2n) is 3.09. The van der Waals surface area contributed by atoms with Crippen molar-refractivity contribution in [1.29, 1.82) is 0 Å². The first-order chi connectivity index (χ1) is 6.33. The van der Waals surface area contributed by atoms with E-state index in [0.717, 1.165) is 19.4 Å². The van der Waals surface area contributed by atoms with Crippen LogP contribution in [0.3, 0.4) is 0 Å². The summed E-state index contributed by atoms with van der Waals surface area (Å²) in [6.07, 6.45) is 2.36. The molecule has 7 nitrogen and oxygen atoms in total. The van der Waals surface area contributed by atoms with Crippen molar-refractivity contribution in [1.82, 2.24) is 5.32 Å². The van der Waals surface area contributed by atoms with E-state index in [-0.39, 0.29) is 6.10 Å². The molecule has 0 radical (unpaired) electrons. The molecule has 8 heteroatoms. The van der Waals surface area contributed by atoms with Crippen LogP contribution in [0.4, 0.5) is 0 Å². The van der Waals surface area contributed by atoms with E-state index >= 15 is 0 Å². The quantitative estimate of drug-likeness (QED) is 0.348. The van der Waals surface area contributed by atoms with Crippen LogP contribution in [0.2, 0.25) is 0 Å². The van der Waals surface area contributed by atoms with Crippen molar-refractivity contribution in [3.8, 4) is 0 Å². The van der Waals surface area contributed by atoms with Crippen LogP contribution in [0.1, 0.15) is 19.8 Å². The fourth-order valence-electron chi connectivity index (χ4n) is 1.21. The highest BCUT2D eigenvalue weighted by molar-refractivity contribution is 7.79. The van der Waals surface area contributed by atoms with Crippen LogP contribution in [0.25, 0.3) is 0 Å². The molecular formula is C6H16N2O5S. The molecule has 1 heterocycles. The molecule has 1 aliphatic heterocycles. The Morgan fingerprint density at radius 2 is 2.00 bits per heavy atom. The second kappa shape index (κ2) is 6.27. The lowest BCUT2D eigenvalue weighted by molar-refractivity contribution is 0.0233. The summed E-state index contributed by atoms with van der Waals surface area (Å²) in [6.45, 7) is 3.17. The molecule has 1 saturated heterocycles. The molecule has 86 valence electrons. The summed E-state index contributed by atoms with van der Waals surface area (Å²) in [6, 6.07) is 0.562. The lowest BCUT2D eigenvalue weighted by atomic mass is 10.0. The molecule has 1 aliphatic rings. The van der Waals surface area contributed by atoms with Crippen LogP contribution in [0.15, 0.2) is 0 Å². The van der Waals surface area contributed by atoms with Crippen molar-refractivity contribution in [2.75, 3.05) is 6.54 Å². The van der Waals surface area contributed by atoms with Crippen molar-refractivity contribution in [2.45, 2.75) is 31.9 Å². The number of hydrogen-bond acceptors (Lipinski definition) is 5. The molecule has 1 fully saturated rings. The Balaban J connectivity index is 0.000000292. The first-order valence-electron chi connectivity index (χ1n) is 4.11. The van der Waals surface area contributed by atoms with E-state index < -0.39 is 10.4 Å². The summed E-state index contributed by atoms with van der Waals surface area (Å²) < 4.78 is 31.6. The molecule has 0 bridgehead atoms. The Bertz CT molecular complexity index is 235. The van der Waals surface area contributed by atoms with E-state index in [1.54, 1.807) is 0 Å². The Labute approximate surface area is 83.2 Å². The normalized spacial score (nSPS) is 27.7. The average molecular weight is 228 g/mol. The topological polar surface area (TPSA) is 122 Å². The summed E-state index contributed by atoms with van der Waals surface area (Å²) in [7, 11) is -4.67. The molecule has 0 amide bonds. The van der Waals surface area contributed by atoms with Crippen LogP contribution < -0.4 is 11.2 Å². The smallest absolute Gasteiger partial charge is 0.314 e. The molecule has 2 atom stereocenters. The van der Waals surface area contributed by atoms with Crippen LogP contribution in [-0.2, 0) is 15.2 Å².